The number of sulfone groups is 1. The zero-order valence-corrected chi connectivity index (χ0v) is 18.6. The van der Waals surface area contributed by atoms with Crippen molar-refractivity contribution >= 4 is 54.3 Å². The van der Waals surface area contributed by atoms with E-state index in [4.69, 9.17) is 0 Å². The molecule has 29 heavy (non-hydrogen) atoms. The van der Waals surface area contributed by atoms with Gasteiger partial charge in [0.25, 0.3) is 0 Å². The maximum Gasteiger partial charge on any atom is 0.230 e. The molecule has 0 radical (unpaired) electrons. The number of nitrogens with one attached hydrogen (secondary N) is 1. The van der Waals surface area contributed by atoms with E-state index in [1.807, 2.05) is 48.5 Å². The van der Waals surface area contributed by atoms with Gasteiger partial charge in [0.05, 0.1) is 22.8 Å². The average molecular weight is 492 g/mol. The second-order valence-corrected chi connectivity index (χ2v) is 10.9. The predicted octanol–water partition coefficient (Wildman–Crippen LogP) is 3.45. The second kappa shape index (κ2) is 8.41. The van der Waals surface area contributed by atoms with Gasteiger partial charge in [-0.25, -0.2) is 18.4 Å². The van der Waals surface area contributed by atoms with E-state index < -0.39 is 9.84 Å². The second-order valence-electron chi connectivity index (χ2n) is 6.83. The summed E-state index contributed by atoms with van der Waals surface area (Å²) >= 11 is 4.76. The molecular formula is C20H18BrN3O3S2. The Morgan fingerprint density at radius 3 is 2.62 bits per heavy atom. The lowest BCUT2D eigenvalue weighted by atomic mass is 10.2. The van der Waals surface area contributed by atoms with Crippen LogP contribution in [-0.4, -0.2) is 47.6 Å². The first kappa shape index (κ1) is 20.3. The van der Waals surface area contributed by atoms with Crippen molar-refractivity contribution in [1.82, 2.24) is 15.3 Å². The van der Waals surface area contributed by atoms with E-state index in [1.165, 1.54) is 11.8 Å². The van der Waals surface area contributed by atoms with Crippen LogP contribution in [0.15, 0.2) is 58.0 Å². The quantitative estimate of drug-likeness (QED) is 0.434. The first-order valence-electron chi connectivity index (χ1n) is 9.05. The first-order valence-corrected chi connectivity index (χ1v) is 12.6. The summed E-state index contributed by atoms with van der Waals surface area (Å²) in [4.78, 5) is 21.7. The molecule has 1 aromatic heterocycles. The number of carbonyl (C=O) groups excluding carboxylic acids is 1. The van der Waals surface area contributed by atoms with E-state index in [2.05, 4.69) is 31.2 Å². The molecule has 1 saturated heterocycles. The van der Waals surface area contributed by atoms with Crippen LogP contribution in [-0.2, 0) is 14.6 Å². The number of para-hydroxylation sites is 1. The van der Waals surface area contributed by atoms with Crippen LogP contribution in [0.4, 0.5) is 0 Å². The molecule has 2 heterocycles. The van der Waals surface area contributed by atoms with Crippen LogP contribution in [0.1, 0.15) is 6.42 Å². The van der Waals surface area contributed by atoms with Gasteiger partial charge in [-0.1, -0.05) is 58.0 Å². The molecule has 1 amide bonds. The molecule has 9 heteroatoms. The normalized spacial score (nSPS) is 18.0. The zero-order chi connectivity index (χ0) is 20.4. The third-order valence-electron chi connectivity index (χ3n) is 4.61. The van der Waals surface area contributed by atoms with Crippen LogP contribution >= 0.6 is 27.7 Å². The van der Waals surface area contributed by atoms with E-state index in [0.717, 1.165) is 26.0 Å². The number of fused-ring (bicyclic) bond motifs is 1. The van der Waals surface area contributed by atoms with Crippen LogP contribution in [0.25, 0.3) is 22.3 Å². The van der Waals surface area contributed by atoms with Crippen molar-refractivity contribution in [2.24, 2.45) is 0 Å². The highest BCUT2D eigenvalue weighted by Gasteiger charge is 2.28. The van der Waals surface area contributed by atoms with Gasteiger partial charge in [0.15, 0.2) is 15.7 Å². The smallest absolute Gasteiger partial charge is 0.230 e. The van der Waals surface area contributed by atoms with Gasteiger partial charge in [0.2, 0.25) is 5.91 Å². The van der Waals surface area contributed by atoms with Gasteiger partial charge in [0, 0.05) is 21.5 Å². The standard InChI is InChI=1S/C20H18BrN3O3S2/c21-14-7-5-13(6-8-14)19-23-17-4-2-1-3-16(17)20(24-19)28-11-18(25)22-15-9-10-29(26,27)12-15/h1-8,15H,9-12H2,(H,22,25)/t15-/m1/s1. The molecule has 0 aliphatic carbocycles. The number of nitrogens with zero attached hydrogens (tertiary/aromatic N) is 2. The van der Waals surface area contributed by atoms with Gasteiger partial charge >= 0.3 is 0 Å². The summed E-state index contributed by atoms with van der Waals surface area (Å²) < 4.78 is 24.1. The maximum absolute atomic E-state index is 12.3. The molecule has 150 valence electrons. The lowest BCUT2D eigenvalue weighted by molar-refractivity contribution is -0.119. The van der Waals surface area contributed by atoms with E-state index in [9.17, 15) is 13.2 Å². The SMILES string of the molecule is O=C(CSc1nc(-c2ccc(Br)cc2)nc2ccccc12)N[C@@H]1CCS(=O)(=O)C1. The van der Waals surface area contributed by atoms with Crippen molar-refractivity contribution < 1.29 is 13.2 Å². The summed E-state index contributed by atoms with van der Waals surface area (Å²) in [6, 6.07) is 15.1. The number of halogens is 1. The zero-order valence-electron chi connectivity index (χ0n) is 15.3. The number of aromatic nitrogens is 2. The van der Waals surface area contributed by atoms with Crippen LogP contribution in [0, 0.1) is 0 Å². The first-order chi connectivity index (χ1) is 13.9. The number of hydrogen-bond donors (Lipinski definition) is 1. The van der Waals surface area contributed by atoms with Gasteiger partial charge in [-0.3, -0.25) is 4.79 Å². The minimum Gasteiger partial charge on any atom is -0.352 e. The fourth-order valence-corrected chi connectivity index (χ4v) is 5.97. The number of carbonyl (C=O) groups is 1. The molecule has 4 rings (SSSR count). The third-order valence-corrected chi connectivity index (χ3v) is 7.90. The number of thioether (sulfide) groups is 1. The monoisotopic (exact) mass is 491 g/mol. The van der Waals surface area contributed by atoms with Crippen molar-refractivity contribution in [3.63, 3.8) is 0 Å². The van der Waals surface area contributed by atoms with Crippen molar-refractivity contribution in [3.05, 3.63) is 53.0 Å². The Kier molecular flexibility index (Phi) is 5.89. The minimum absolute atomic E-state index is 0.0214. The summed E-state index contributed by atoms with van der Waals surface area (Å²) in [5.41, 5.74) is 1.70. The van der Waals surface area contributed by atoms with E-state index in [0.29, 0.717) is 12.2 Å². The molecule has 1 aliphatic heterocycles. The van der Waals surface area contributed by atoms with E-state index in [-0.39, 0.29) is 29.2 Å². The van der Waals surface area contributed by atoms with Gasteiger partial charge < -0.3 is 5.32 Å². The van der Waals surface area contributed by atoms with Crippen molar-refractivity contribution in [2.75, 3.05) is 17.3 Å². The maximum atomic E-state index is 12.3. The minimum atomic E-state index is -3.02. The van der Waals surface area contributed by atoms with Crippen LogP contribution < -0.4 is 5.32 Å². The van der Waals surface area contributed by atoms with Gasteiger partial charge in [0.1, 0.15) is 5.03 Å². The van der Waals surface area contributed by atoms with Crippen molar-refractivity contribution in [3.8, 4) is 11.4 Å². The lowest BCUT2D eigenvalue weighted by Gasteiger charge is -2.11. The van der Waals surface area contributed by atoms with Crippen LogP contribution in [0.3, 0.4) is 0 Å². The largest absolute Gasteiger partial charge is 0.352 e. The fraction of sp³-hybridized carbons (Fsp3) is 0.250. The Morgan fingerprint density at radius 2 is 1.90 bits per heavy atom. The average Bonchev–Trinajstić information content (AvgIpc) is 3.04. The molecule has 3 aromatic rings. The van der Waals surface area contributed by atoms with E-state index in [1.54, 1.807) is 0 Å². The molecule has 2 aromatic carbocycles. The highest BCUT2D eigenvalue weighted by atomic mass is 79.9. The molecule has 1 fully saturated rings. The Bertz CT molecular complexity index is 1170. The molecular weight excluding hydrogens is 474 g/mol. The summed E-state index contributed by atoms with van der Waals surface area (Å²) in [6.07, 6.45) is 0.475. The lowest BCUT2D eigenvalue weighted by Crippen LogP contribution is -2.36. The van der Waals surface area contributed by atoms with E-state index >= 15 is 0 Å². The van der Waals surface area contributed by atoms with Gasteiger partial charge in [-0.05, 0) is 24.6 Å². The molecule has 0 saturated carbocycles. The summed E-state index contributed by atoms with van der Waals surface area (Å²) in [5, 5.41) is 4.43. The Balaban J connectivity index is 1.54. The molecule has 0 unspecified atom stereocenters. The number of amides is 1. The van der Waals surface area contributed by atoms with Crippen molar-refractivity contribution in [2.45, 2.75) is 17.5 Å². The Labute approximate surface area is 181 Å². The number of benzene rings is 2. The molecule has 0 bridgehead atoms. The number of rotatable bonds is 5. The molecule has 6 nitrogen and oxygen atoms in total. The Morgan fingerprint density at radius 1 is 1.14 bits per heavy atom. The third kappa shape index (κ3) is 4.96. The van der Waals surface area contributed by atoms with Crippen molar-refractivity contribution in [1.29, 1.82) is 0 Å². The number of hydrogen-bond acceptors (Lipinski definition) is 6. The fourth-order valence-electron chi connectivity index (χ4n) is 3.20. The summed E-state index contributed by atoms with van der Waals surface area (Å²) in [7, 11) is -3.02. The predicted molar refractivity (Wildman–Crippen MR) is 119 cm³/mol. The summed E-state index contributed by atoms with van der Waals surface area (Å²) in [5.74, 6) is 0.731. The molecule has 1 atom stereocenters. The Hall–Kier alpha value is -1.97. The van der Waals surface area contributed by atoms with Gasteiger partial charge in [-0.2, -0.15) is 0 Å². The molecule has 1 N–H and O–H groups in total. The molecule has 0 spiro atoms. The molecule has 1 aliphatic rings. The summed E-state index contributed by atoms with van der Waals surface area (Å²) in [6.45, 7) is 0. The van der Waals surface area contributed by atoms with Crippen LogP contribution in [0.2, 0.25) is 0 Å². The highest BCUT2D eigenvalue weighted by Crippen LogP contribution is 2.29. The van der Waals surface area contributed by atoms with Gasteiger partial charge in [-0.15, -0.1) is 0 Å². The van der Waals surface area contributed by atoms with Crippen LogP contribution in [0.5, 0.6) is 0 Å². The topological polar surface area (TPSA) is 89.0 Å². The highest BCUT2D eigenvalue weighted by molar-refractivity contribution is 9.10.